The first-order valence-electron chi connectivity index (χ1n) is 5.22. The Bertz CT molecular complexity index is 559. The number of halogens is 4. The molecule has 1 heterocycles. The summed E-state index contributed by atoms with van der Waals surface area (Å²) in [7, 11) is -4.31. The van der Waals surface area contributed by atoms with Crippen LogP contribution in [0, 0.1) is 17.5 Å². The van der Waals surface area contributed by atoms with Crippen LogP contribution >= 0.6 is 12.4 Å². The number of rotatable bonds is 2. The van der Waals surface area contributed by atoms with Gasteiger partial charge in [0.1, 0.15) is 17.5 Å². The van der Waals surface area contributed by atoms with Gasteiger partial charge in [-0.25, -0.2) is 21.6 Å². The van der Waals surface area contributed by atoms with E-state index in [2.05, 4.69) is 0 Å². The molecule has 0 amide bonds. The van der Waals surface area contributed by atoms with Gasteiger partial charge in [-0.2, -0.15) is 4.31 Å². The highest BCUT2D eigenvalue weighted by atomic mass is 35.5. The van der Waals surface area contributed by atoms with E-state index in [9.17, 15) is 21.6 Å². The maximum atomic E-state index is 13.4. The Balaban J connectivity index is 0.00000180. The molecule has 0 saturated carbocycles. The van der Waals surface area contributed by atoms with E-state index >= 15 is 0 Å². The standard InChI is InChI=1S/C10H11F3N2O2S.ClH/c11-6-3-8(12)10(9(13)4-6)18(16,17)15-2-1-7(14)5-15;/h3-4,7H,1-2,5,14H2;1H/t7-;/m1./s1. The molecule has 0 radical (unpaired) electrons. The Morgan fingerprint density at radius 3 is 2.16 bits per heavy atom. The zero-order valence-electron chi connectivity index (χ0n) is 9.64. The molecule has 1 aliphatic heterocycles. The second-order valence-electron chi connectivity index (χ2n) is 4.11. The number of nitrogens with two attached hydrogens (primary N) is 1. The van der Waals surface area contributed by atoms with E-state index in [0.29, 0.717) is 18.6 Å². The predicted octanol–water partition coefficient (Wildman–Crippen LogP) is 1.25. The molecule has 1 aromatic carbocycles. The normalized spacial score (nSPS) is 20.3. The Kier molecular flexibility index (Phi) is 4.83. The average molecular weight is 317 g/mol. The molecule has 2 rings (SSSR count). The molecule has 0 spiro atoms. The number of nitrogens with zero attached hydrogens (tertiary/aromatic N) is 1. The van der Waals surface area contributed by atoms with Crippen LogP contribution in [0.3, 0.4) is 0 Å². The van der Waals surface area contributed by atoms with Crippen LogP contribution in [0.15, 0.2) is 17.0 Å². The molecule has 4 nitrogen and oxygen atoms in total. The van der Waals surface area contributed by atoms with Gasteiger partial charge < -0.3 is 5.73 Å². The lowest BCUT2D eigenvalue weighted by atomic mass is 10.3. The summed E-state index contributed by atoms with van der Waals surface area (Å²) in [6.45, 7) is 0.0956. The summed E-state index contributed by atoms with van der Waals surface area (Å²) in [5, 5.41) is 0. The zero-order valence-corrected chi connectivity index (χ0v) is 11.3. The fraction of sp³-hybridized carbons (Fsp3) is 0.400. The number of sulfonamides is 1. The summed E-state index contributed by atoms with van der Waals surface area (Å²) in [6, 6.07) is 0.323. The molecule has 0 aromatic heterocycles. The van der Waals surface area contributed by atoms with Gasteiger partial charge in [0.2, 0.25) is 10.0 Å². The molecule has 1 aliphatic rings. The van der Waals surface area contributed by atoms with Crippen LogP contribution < -0.4 is 5.73 Å². The second-order valence-corrected chi connectivity index (χ2v) is 5.99. The maximum absolute atomic E-state index is 13.4. The van der Waals surface area contributed by atoms with Crippen molar-refractivity contribution in [3.8, 4) is 0 Å². The van der Waals surface area contributed by atoms with Crippen LogP contribution in [-0.4, -0.2) is 31.9 Å². The van der Waals surface area contributed by atoms with E-state index in [1.807, 2.05) is 0 Å². The van der Waals surface area contributed by atoms with Crippen molar-refractivity contribution in [2.24, 2.45) is 5.73 Å². The summed E-state index contributed by atoms with van der Waals surface area (Å²) in [6.07, 6.45) is 0.420. The molecule has 1 atom stereocenters. The SMILES string of the molecule is Cl.N[C@@H]1CCN(S(=O)(=O)c2c(F)cc(F)cc2F)C1. The van der Waals surface area contributed by atoms with E-state index in [1.54, 1.807) is 0 Å². The first-order chi connectivity index (χ1) is 8.32. The van der Waals surface area contributed by atoms with Gasteiger partial charge in [0.25, 0.3) is 0 Å². The summed E-state index contributed by atoms with van der Waals surface area (Å²) >= 11 is 0. The molecule has 1 aromatic rings. The Hall–Kier alpha value is -0.830. The minimum absolute atomic E-state index is 0. The van der Waals surface area contributed by atoms with Crippen molar-refractivity contribution >= 4 is 22.4 Å². The molecular formula is C10H12ClF3N2O2S. The summed E-state index contributed by atoms with van der Waals surface area (Å²) < 4.78 is 64.5. The topological polar surface area (TPSA) is 63.4 Å². The molecule has 0 aliphatic carbocycles. The highest BCUT2D eigenvalue weighted by Gasteiger charge is 2.35. The van der Waals surface area contributed by atoms with Crippen LogP contribution in [0.5, 0.6) is 0 Å². The highest BCUT2D eigenvalue weighted by molar-refractivity contribution is 7.89. The van der Waals surface area contributed by atoms with Crippen molar-refractivity contribution in [1.82, 2.24) is 4.31 Å². The van der Waals surface area contributed by atoms with E-state index in [1.165, 1.54) is 0 Å². The van der Waals surface area contributed by atoms with E-state index < -0.39 is 32.4 Å². The lowest BCUT2D eigenvalue weighted by Crippen LogP contribution is -2.33. The van der Waals surface area contributed by atoms with Crippen molar-refractivity contribution in [2.75, 3.05) is 13.1 Å². The summed E-state index contributed by atoms with van der Waals surface area (Å²) in [5.74, 6) is -4.04. The average Bonchev–Trinajstić information content (AvgIpc) is 2.63. The molecule has 9 heteroatoms. The van der Waals surface area contributed by atoms with Crippen molar-refractivity contribution in [1.29, 1.82) is 0 Å². The molecule has 19 heavy (non-hydrogen) atoms. The fourth-order valence-corrected chi connectivity index (χ4v) is 3.48. The van der Waals surface area contributed by atoms with Crippen molar-refractivity contribution in [3.63, 3.8) is 0 Å². The van der Waals surface area contributed by atoms with Crippen LogP contribution in [0.2, 0.25) is 0 Å². The number of hydrogen-bond donors (Lipinski definition) is 1. The van der Waals surface area contributed by atoms with Gasteiger partial charge in [0.05, 0.1) is 0 Å². The van der Waals surface area contributed by atoms with Gasteiger partial charge >= 0.3 is 0 Å². The monoisotopic (exact) mass is 316 g/mol. The third-order valence-electron chi connectivity index (χ3n) is 2.75. The molecule has 1 fully saturated rings. The molecule has 108 valence electrons. The predicted molar refractivity (Wildman–Crippen MR) is 64.9 cm³/mol. The first-order valence-corrected chi connectivity index (χ1v) is 6.66. The van der Waals surface area contributed by atoms with Crippen molar-refractivity contribution in [2.45, 2.75) is 17.4 Å². The third kappa shape index (κ3) is 3.02. The Morgan fingerprint density at radius 1 is 1.21 bits per heavy atom. The molecular weight excluding hydrogens is 305 g/mol. The van der Waals surface area contributed by atoms with Crippen LogP contribution in [0.25, 0.3) is 0 Å². The van der Waals surface area contributed by atoms with Gasteiger partial charge in [0.15, 0.2) is 4.90 Å². The minimum atomic E-state index is -4.31. The smallest absolute Gasteiger partial charge is 0.248 e. The maximum Gasteiger partial charge on any atom is 0.248 e. The number of benzene rings is 1. The highest BCUT2D eigenvalue weighted by Crippen LogP contribution is 2.26. The van der Waals surface area contributed by atoms with Gasteiger partial charge in [0, 0.05) is 31.3 Å². The quantitative estimate of drug-likeness (QED) is 0.893. The molecule has 2 N–H and O–H groups in total. The largest absolute Gasteiger partial charge is 0.326 e. The minimum Gasteiger partial charge on any atom is -0.326 e. The number of hydrogen-bond acceptors (Lipinski definition) is 3. The Labute approximate surface area is 114 Å². The van der Waals surface area contributed by atoms with Gasteiger partial charge in [-0.1, -0.05) is 0 Å². The Morgan fingerprint density at radius 2 is 1.74 bits per heavy atom. The van der Waals surface area contributed by atoms with Gasteiger partial charge in [-0.05, 0) is 6.42 Å². The van der Waals surface area contributed by atoms with Gasteiger partial charge in [-0.3, -0.25) is 0 Å². The lowest BCUT2D eigenvalue weighted by Gasteiger charge is -2.16. The first kappa shape index (κ1) is 16.2. The van der Waals surface area contributed by atoms with E-state index in [-0.39, 0.29) is 31.5 Å². The van der Waals surface area contributed by atoms with E-state index in [0.717, 1.165) is 4.31 Å². The van der Waals surface area contributed by atoms with Crippen LogP contribution in [0.4, 0.5) is 13.2 Å². The third-order valence-corrected chi connectivity index (χ3v) is 4.67. The second kappa shape index (κ2) is 5.66. The summed E-state index contributed by atoms with van der Waals surface area (Å²) in [5.41, 5.74) is 5.55. The van der Waals surface area contributed by atoms with Gasteiger partial charge in [-0.15, -0.1) is 12.4 Å². The van der Waals surface area contributed by atoms with Crippen molar-refractivity contribution in [3.05, 3.63) is 29.6 Å². The lowest BCUT2D eigenvalue weighted by molar-refractivity contribution is 0.447. The van der Waals surface area contributed by atoms with E-state index in [4.69, 9.17) is 5.73 Å². The molecule has 0 bridgehead atoms. The molecule has 0 unspecified atom stereocenters. The van der Waals surface area contributed by atoms with Crippen LogP contribution in [-0.2, 0) is 10.0 Å². The zero-order chi connectivity index (χ0) is 13.5. The van der Waals surface area contributed by atoms with Crippen molar-refractivity contribution < 1.29 is 21.6 Å². The summed E-state index contributed by atoms with van der Waals surface area (Å²) in [4.78, 5) is -1.13. The fourth-order valence-electron chi connectivity index (χ4n) is 1.88. The van der Waals surface area contributed by atoms with Crippen LogP contribution in [0.1, 0.15) is 6.42 Å². The molecule has 1 saturated heterocycles.